The van der Waals surface area contributed by atoms with Crippen LogP contribution in [0.1, 0.15) is 11.5 Å². The monoisotopic (exact) mass is 347 g/mol. The van der Waals surface area contributed by atoms with Crippen molar-refractivity contribution in [3.05, 3.63) is 54.4 Å². The van der Waals surface area contributed by atoms with E-state index in [9.17, 15) is 0 Å². The van der Waals surface area contributed by atoms with E-state index in [1.54, 1.807) is 12.4 Å². The molecule has 0 aromatic carbocycles. The van der Waals surface area contributed by atoms with Gasteiger partial charge in [-0.2, -0.15) is 0 Å². The summed E-state index contributed by atoms with van der Waals surface area (Å²) in [6, 6.07) is 7.91. The lowest BCUT2D eigenvalue weighted by atomic mass is 10.2. The number of piperazine rings is 1. The Bertz CT molecular complexity index is 889. The number of hydrogen-bond donors (Lipinski definition) is 0. The lowest BCUT2D eigenvalue weighted by Gasteiger charge is -2.36. The first kappa shape index (κ1) is 16.4. The molecule has 3 aromatic heterocycles. The summed E-state index contributed by atoms with van der Waals surface area (Å²) in [5.74, 6) is 3.49. The largest absolute Gasteiger partial charge is 0.353 e. The third-order valence-electron chi connectivity index (χ3n) is 4.45. The second-order valence-electron chi connectivity index (χ2n) is 6.37. The van der Waals surface area contributed by atoms with Crippen LogP contribution in [0.4, 0.5) is 11.6 Å². The molecule has 0 bridgehead atoms. The van der Waals surface area contributed by atoms with Gasteiger partial charge in [-0.3, -0.25) is 4.98 Å². The minimum Gasteiger partial charge on any atom is -0.353 e. The van der Waals surface area contributed by atoms with Crippen LogP contribution in [0, 0.1) is 13.8 Å². The first-order valence-electron chi connectivity index (χ1n) is 8.75. The molecule has 0 aliphatic carbocycles. The Labute approximate surface area is 152 Å². The molecule has 4 rings (SSSR count). The van der Waals surface area contributed by atoms with E-state index in [2.05, 4.69) is 29.7 Å². The van der Waals surface area contributed by atoms with Crippen molar-refractivity contribution in [2.45, 2.75) is 13.8 Å². The van der Waals surface area contributed by atoms with Gasteiger partial charge in [0, 0.05) is 62.1 Å². The Morgan fingerprint density at radius 2 is 1.62 bits per heavy atom. The maximum Gasteiger partial charge on any atom is 0.163 e. The van der Waals surface area contributed by atoms with Gasteiger partial charge in [-0.15, -0.1) is 0 Å². The molecule has 0 N–H and O–H groups in total. The highest BCUT2D eigenvalue weighted by Gasteiger charge is 2.20. The van der Waals surface area contributed by atoms with Crippen LogP contribution in [0.3, 0.4) is 0 Å². The molecule has 7 nitrogen and oxygen atoms in total. The van der Waals surface area contributed by atoms with Gasteiger partial charge in [0.1, 0.15) is 17.5 Å². The number of rotatable bonds is 3. The molecule has 1 aliphatic rings. The van der Waals surface area contributed by atoms with Crippen LogP contribution >= 0.6 is 0 Å². The predicted molar refractivity (Wildman–Crippen MR) is 101 cm³/mol. The van der Waals surface area contributed by atoms with Crippen molar-refractivity contribution in [2.24, 2.45) is 0 Å². The van der Waals surface area contributed by atoms with Crippen LogP contribution < -0.4 is 9.80 Å². The quantitative estimate of drug-likeness (QED) is 0.720. The summed E-state index contributed by atoms with van der Waals surface area (Å²) in [6.07, 6.45) is 5.38. The smallest absolute Gasteiger partial charge is 0.163 e. The molecule has 0 atom stereocenters. The van der Waals surface area contributed by atoms with Gasteiger partial charge in [0.2, 0.25) is 0 Å². The SMILES string of the molecule is Cc1cc(N2CCN(c3ccnc(C)n3)CC2)nc(-c2cccnc2)n1. The van der Waals surface area contributed by atoms with Crippen molar-refractivity contribution in [1.82, 2.24) is 24.9 Å². The average molecular weight is 347 g/mol. The average Bonchev–Trinajstić information content (AvgIpc) is 2.68. The van der Waals surface area contributed by atoms with E-state index in [1.807, 2.05) is 44.3 Å². The molecule has 4 heterocycles. The van der Waals surface area contributed by atoms with Crippen LogP contribution in [0.2, 0.25) is 0 Å². The first-order valence-corrected chi connectivity index (χ1v) is 8.75. The van der Waals surface area contributed by atoms with Gasteiger partial charge in [-0.25, -0.2) is 19.9 Å². The molecule has 0 saturated carbocycles. The lowest BCUT2D eigenvalue weighted by Crippen LogP contribution is -2.47. The fourth-order valence-corrected chi connectivity index (χ4v) is 3.12. The molecule has 26 heavy (non-hydrogen) atoms. The fraction of sp³-hybridized carbons (Fsp3) is 0.316. The summed E-state index contributed by atoms with van der Waals surface area (Å²) in [4.78, 5) is 26.8. The maximum atomic E-state index is 4.77. The Morgan fingerprint density at radius 1 is 0.846 bits per heavy atom. The van der Waals surface area contributed by atoms with Gasteiger partial charge >= 0.3 is 0 Å². The van der Waals surface area contributed by atoms with Gasteiger partial charge in [0.15, 0.2) is 5.82 Å². The first-order chi connectivity index (χ1) is 12.7. The molecular weight excluding hydrogens is 326 g/mol. The molecule has 0 amide bonds. The fourth-order valence-electron chi connectivity index (χ4n) is 3.12. The third kappa shape index (κ3) is 3.46. The molecule has 7 heteroatoms. The maximum absolute atomic E-state index is 4.77. The van der Waals surface area contributed by atoms with Crippen LogP contribution in [-0.2, 0) is 0 Å². The van der Waals surface area contributed by atoms with Gasteiger partial charge in [-0.1, -0.05) is 0 Å². The van der Waals surface area contributed by atoms with Crippen molar-refractivity contribution in [2.75, 3.05) is 36.0 Å². The van der Waals surface area contributed by atoms with Crippen molar-refractivity contribution in [3.8, 4) is 11.4 Å². The summed E-state index contributed by atoms with van der Waals surface area (Å²) < 4.78 is 0. The number of aromatic nitrogens is 5. The highest BCUT2D eigenvalue weighted by atomic mass is 15.3. The van der Waals surface area contributed by atoms with Crippen molar-refractivity contribution in [1.29, 1.82) is 0 Å². The van der Waals surface area contributed by atoms with E-state index >= 15 is 0 Å². The summed E-state index contributed by atoms with van der Waals surface area (Å²) in [5.41, 5.74) is 1.90. The summed E-state index contributed by atoms with van der Waals surface area (Å²) >= 11 is 0. The highest BCUT2D eigenvalue weighted by molar-refractivity contribution is 5.57. The molecule has 0 unspecified atom stereocenters. The highest BCUT2D eigenvalue weighted by Crippen LogP contribution is 2.21. The van der Waals surface area contributed by atoms with Crippen molar-refractivity contribution >= 4 is 11.6 Å². The Kier molecular flexibility index (Phi) is 4.43. The predicted octanol–water partition coefficient (Wildman–Crippen LogP) is 2.27. The zero-order valence-corrected chi connectivity index (χ0v) is 15.0. The third-order valence-corrected chi connectivity index (χ3v) is 4.45. The van der Waals surface area contributed by atoms with Crippen molar-refractivity contribution < 1.29 is 0 Å². The zero-order valence-electron chi connectivity index (χ0n) is 15.0. The van der Waals surface area contributed by atoms with E-state index in [0.717, 1.165) is 60.7 Å². The minimum absolute atomic E-state index is 0.724. The lowest BCUT2D eigenvalue weighted by molar-refractivity contribution is 0.639. The zero-order chi connectivity index (χ0) is 17.9. The number of pyridine rings is 1. The molecular formula is C19H21N7. The van der Waals surface area contributed by atoms with Gasteiger partial charge in [-0.05, 0) is 32.0 Å². The number of nitrogens with zero attached hydrogens (tertiary/aromatic N) is 7. The second kappa shape index (κ2) is 7.03. The number of anilines is 2. The molecule has 3 aromatic rings. The standard InChI is InChI=1S/C19H21N7/c1-14-12-18(24-19(22-14)16-4-3-6-20-13-16)26-10-8-25(9-11-26)17-5-7-21-15(2)23-17/h3-7,12-13H,8-11H2,1-2H3. The summed E-state index contributed by atoms with van der Waals surface area (Å²) in [5, 5.41) is 0. The van der Waals surface area contributed by atoms with E-state index in [-0.39, 0.29) is 0 Å². The Balaban J connectivity index is 1.52. The Morgan fingerprint density at radius 3 is 2.31 bits per heavy atom. The molecule has 1 saturated heterocycles. The van der Waals surface area contributed by atoms with Crippen LogP contribution in [0.15, 0.2) is 42.9 Å². The van der Waals surface area contributed by atoms with Gasteiger partial charge in [0.25, 0.3) is 0 Å². The van der Waals surface area contributed by atoms with Crippen LogP contribution in [0.5, 0.6) is 0 Å². The number of aryl methyl sites for hydroxylation is 2. The number of hydrogen-bond acceptors (Lipinski definition) is 7. The van der Waals surface area contributed by atoms with E-state index in [0.29, 0.717) is 0 Å². The topological polar surface area (TPSA) is 70.9 Å². The summed E-state index contributed by atoms with van der Waals surface area (Å²) in [7, 11) is 0. The molecule has 1 fully saturated rings. The van der Waals surface area contributed by atoms with Gasteiger partial charge in [0.05, 0.1) is 0 Å². The van der Waals surface area contributed by atoms with Crippen LogP contribution in [-0.4, -0.2) is 51.1 Å². The van der Waals surface area contributed by atoms with Gasteiger partial charge < -0.3 is 9.80 Å². The molecule has 0 radical (unpaired) electrons. The molecule has 132 valence electrons. The van der Waals surface area contributed by atoms with E-state index in [1.165, 1.54) is 0 Å². The Hall–Kier alpha value is -3.09. The van der Waals surface area contributed by atoms with E-state index < -0.39 is 0 Å². The van der Waals surface area contributed by atoms with E-state index in [4.69, 9.17) is 4.98 Å². The molecule has 0 spiro atoms. The minimum atomic E-state index is 0.724. The van der Waals surface area contributed by atoms with Crippen LogP contribution in [0.25, 0.3) is 11.4 Å². The van der Waals surface area contributed by atoms with Crippen molar-refractivity contribution in [3.63, 3.8) is 0 Å². The second-order valence-corrected chi connectivity index (χ2v) is 6.37. The summed E-state index contributed by atoms with van der Waals surface area (Å²) in [6.45, 7) is 7.52. The molecule has 1 aliphatic heterocycles. The normalized spacial score (nSPS) is 14.5.